The molecule has 0 atom stereocenters. The molecule has 1 aliphatic heterocycles. The summed E-state index contributed by atoms with van der Waals surface area (Å²) in [6, 6.07) is 23.0. The smallest absolute Gasteiger partial charge is 0.294 e. The summed E-state index contributed by atoms with van der Waals surface area (Å²) in [6.07, 6.45) is 4.64. The Morgan fingerprint density at radius 1 is 1.00 bits per heavy atom. The van der Waals surface area contributed by atoms with E-state index in [0.717, 1.165) is 37.6 Å². The van der Waals surface area contributed by atoms with Crippen LogP contribution < -0.4 is 5.32 Å². The normalized spacial score (nSPS) is 14.4. The Bertz CT molecular complexity index is 1720. The van der Waals surface area contributed by atoms with Crippen LogP contribution in [-0.4, -0.2) is 39.3 Å². The maximum Gasteiger partial charge on any atom is 0.294 e. The lowest BCUT2D eigenvalue weighted by Gasteiger charge is -2.12. The van der Waals surface area contributed by atoms with E-state index < -0.39 is 23.6 Å². The standard InChI is InChI=1S/C30H19BrClN3O4S/c31-22-10-5-18(6-11-22)15-26-29(38)35(30(39)40-26)17-27(37)33-23-12-7-19(8-13-23)25(36)14-9-21-16-20-3-1-2-4-24(20)34-28(21)32/h1-16H,17H2,(H,33,37)/b14-9+,26-15-. The first-order valence-electron chi connectivity index (χ1n) is 12.0. The van der Waals surface area contributed by atoms with E-state index in [9.17, 15) is 19.2 Å². The fraction of sp³-hybridized carbons (Fsp3) is 0.0333. The predicted molar refractivity (Wildman–Crippen MR) is 162 cm³/mol. The summed E-state index contributed by atoms with van der Waals surface area (Å²) in [4.78, 5) is 55.8. The summed E-state index contributed by atoms with van der Waals surface area (Å²) < 4.78 is 0.895. The molecule has 0 unspecified atom stereocenters. The Morgan fingerprint density at radius 2 is 1.73 bits per heavy atom. The van der Waals surface area contributed by atoms with E-state index in [1.807, 2.05) is 54.6 Å². The maximum absolute atomic E-state index is 12.7. The Hall–Kier alpha value is -4.05. The highest BCUT2D eigenvalue weighted by Gasteiger charge is 2.36. The number of fused-ring (bicyclic) bond motifs is 1. The average Bonchev–Trinajstić information content (AvgIpc) is 3.20. The topological polar surface area (TPSA) is 96.4 Å². The van der Waals surface area contributed by atoms with Crippen molar-refractivity contribution in [1.82, 2.24) is 9.88 Å². The Kier molecular flexibility index (Phi) is 8.25. The molecule has 0 aliphatic carbocycles. The number of anilines is 1. The molecular formula is C30H19BrClN3O4S. The minimum atomic E-state index is -0.537. The maximum atomic E-state index is 12.7. The monoisotopic (exact) mass is 631 g/mol. The van der Waals surface area contributed by atoms with Gasteiger partial charge in [0.1, 0.15) is 11.7 Å². The van der Waals surface area contributed by atoms with Crippen LogP contribution in [0.25, 0.3) is 23.1 Å². The van der Waals surface area contributed by atoms with Crippen molar-refractivity contribution in [1.29, 1.82) is 0 Å². The Balaban J connectivity index is 1.19. The van der Waals surface area contributed by atoms with Gasteiger partial charge in [0, 0.05) is 26.7 Å². The summed E-state index contributed by atoms with van der Waals surface area (Å²) in [7, 11) is 0. The van der Waals surface area contributed by atoms with Gasteiger partial charge in [-0.2, -0.15) is 0 Å². The number of pyridine rings is 1. The number of carbonyl (C=O) groups excluding carboxylic acids is 4. The highest BCUT2D eigenvalue weighted by atomic mass is 79.9. The SMILES string of the molecule is O=C(CN1C(=O)S/C(=C\c2ccc(Br)cc2)C1=O)Nc1ccc(C(=O)/C=C/c2cc3ccccc3nc2Cl)cc1. The van der Waals surface area contributed by atoms with Crippen LogP contribution in [0.2, 0.25) is 5.15 Å². The van der Waals surface area contributed by atoms with Gasteiger partial charge in [0.15, 0.2) is 5.78 Å². The lowest BCUT2D eigenvalue weighted by molar-refractivity contribution is -0.127. The zero-order valence-electron chi connectivity index (χ0n) is 20.6. The molecule has 2 heterocycles. The zero-order valence-corrected chi connectivity index (χ0v) is 23.8. The lowest BCUT2D eigenvalue weighted by atomic mass is 10.1. The second-order valence-corrected chi connectivity index (χ2v) is 11.0. The van der Waals surface area contributed by atoms with Crippen LogP contribution in [0.1, 0.15) is 21.5 Å². The molecule has 0 bridgehead atoms. The molecule has 1 fully saturated rings. The van der Waals surface area contributed by atoms with Crippen molar-refractivity contribution in [3.63, 3.8) is 0 Å². The highest BCUT2D eigenvalue weighted by molar-refractivity contribution is 9.10. The molecule has 4 aromatic rings. The number of ketones is 1. The van der Waals surface area contributed by atoms with Crippen LogP contribution in [0.15, 0.2) is 94.3 Å². The largest absolute Gasteiger partial charge is 0.325 e. The van der Waals surface area contributed by atoms with Crippen molar-refractivity contribution < 1.29 is 19.2 Å². The van der Waals surface area contributed by atoms with E-state index in [2.05, 4.69) is 26.2 Å². The molecule has 1 aliphatic rings. The number of allylic oxidation sites excluding steroid dienone is 1. The summed E-state index contributed by atoms with van der Waals surface area (Å²) in [5, 5.41) is 3.34. The van der Waals surface area contributed by atoms with Crippen molar-refractivity contribution >= 4 is 90.9 Å². The first-order chi connectivity index (χ1) is 19.3. The van der Waals surface area contributed by atoms with Gasteiger partial charge in [0.05, 0.1) is 10.4 Å². The van der Waals surface area contributed by atoms with Crippen LogP contribution in [0, 0.1) is 0 Å². The third-order valence-electron chi connectivity index (χ3n) is 5.92. The van der Waals surface area contributed by atoms with Crippen molar-refractivity contribution in [2.45, 2.75) is 0 Å². The van der Waals surface area contributed by atoms with E-state index in [-0.39, 0.29) is 10.7 Å². The molecule has 5 rings (SSSR count). The Morgan fingerprint density at radius 3 is 2.48 bits per heavy atom. The average molecular weight is 633 g/mol. The number of para-hydroxylation sites is 1. The fourth-order valence-corrected chi connectivity index (χ4v) is 5.21. The molecule has 0 radical (unpaired) electrons. The van der Waals surface area contributed by atoms with Crippen LogP contribution >= 0.6 is 39.3 Å². The van der Waals surface area contributed by atoms with Gasteiger partial charge in [-0.3, -0.25) is 24.1 Å². The molecule has 40 heavy (non-hydrogen) atoms. The van der Waals surface area contributed by atoms with E-state index >= 15 is 0 Å². The summed E-state index contributed by atoms with van der Waals surface area (Å²) in [6.45, 7) is -0.424. The molecule has 1 saturated heterocycles. The van der Waals surface area contributed by atoms with Crippen LogP contribution in [0.5, 0.6) is 0 Å². The van der Waals surface area contributed by atoms with E-state index in [0.29, 0.717) is 22.0 Å². The predicted octanol–water partition coefficient (Wildman–Crippen LogP) is 7.22. The van der Waals surface area contributed by atoms with E-state index in [4.69, 9.17) is 11.6 Å². The van der Waals surface area contributed by atoms with Crippen molar-refractivity contribution in [2.75, 3.05) is 11.9 Å². The second kappa shape index (κ2) is 12.0. The van der Waals surface area contributed by atoms with Crippen molar-refractivity contribution in [3.05, 3.63) is 116 Å². The molecule has 1 N–H and O–H groups in total. The van der Waals surface area contributed by atoms with Crippen molar-refractivity contribution in [2.24, 2.45) is 0 Å². The minimum absolute atomic E-state index is 0.247. The number of nitrogens with one attached hydrogen (secondary N) is 1. The number of imide groups is 1. The summed E-state index contributed by atoms with van der Waals surface area (Å²) in [5.74, 6) is -1.32. The molecule has 198 valence electrons. The number of hydrogen-bond acceptors (Lipinski definition) is 6. The number of thioether (sulfide) groups is 1. The molecule has 0 saturated carbocycles. The van der Waals surface area contributed by atoms with Gasteiger partial charge in [-0.15, -0.1) is 0 Å². The number of rotatable bonds is 7. The molecular weight excluding hydrogens is 614 g/mol. The van der Waals surface area contributed by atoms with Gasteiger partial charge in [0.2, 0.25) is 5.91 Å². The zero-order chi connectivity index (χ0) is 28.2. The molecule has 1 aromatic heterocycles. The van der Waals surface area contributed by atoms with Gasteiger partial charge in [0.25, 0.3) is 11.1 Å². The number of amides is 3. The quantitative estimate of drug-likeness (QED) is 0.131. The van der Waals surface area contributed by atoms with Gasteiger partial charge < -0.3 is 5.32 Å². The molecule has 0 spiro atoms. The lowest BCUT2D eigenvalue weighted by Crippen LogP contribution is -2.36. The second-order valence-electron chi connectivity index (χ2n) is 8.70. The van der Waals surface area contributed by atoms with Gasteiger partial charge in [-0.1, -0.05) is 57.9 Å². The van der Waals surface area contributed by atoms with Crippen LogP contribution in [-0.2, 0) is 9.59 Å². The van der Waals surface area contributed by atoms with Crippen LogP contribution in [0.4, 0.5) is 10.5 Å². The van der Waals surface area contributed by atoms with E-state index in [1.54, 1.807) is 36.4 Å². The molecule has 10 heteroatoms. The first kappa shape index (κ1) is 27.5. The summed E-state index contributed by atoms with van der Waals surface area (Å²) in [5.41, 5.74) is 2.98. The Labute approximate surface area is 247 Å². The third kappa shape index (κ3) is 6.39. The minimum Gasteiger partial charge on any atom is -0.325 e. The first-order valence-corrected chi connectivity index (χ1v) is 13.9. The third-order valence-corrected chi connectivity index (χ3v) is 7.65. The van der Waals surface area contributed by atoms with Crippen LogP contribution in [0.3, 0.4) is 0 Å². The van der Waals surface area contributed by atoms with E-state index in [1.165, 1.54) is 6.08 Å². The number of benzene rings is 3. The van der Waals surface area contributed by atoms with Gasteiger partial charge in [-0.25, -0.2) is 4.98 Å². The number of nitrogens with zero attached hydrogens (tertiary/aromatic N) is 2. The number of halogens is 2. The fourth-order valence-electron chi connectivity index (χ4n) is 3.90. The summed E-state index contributed by atoms with van der Waals surface area (Å²) >= 11 is 10.4. The highest BCUT2D eigenvalue weighted by Crippen LogP contribution is 2.32. The number of aromatic nitrogens is 1. The van der Waals surface area contributed by atoms with Gasteiger partial charge in [-0.05, 0) is 84.1 Å². The van der Waals surface area contributed by atoms with Gasteiger partial charge >= 0.3 is 0 Å². The molecule has 7 nitrogen and oxygen atoms in total. The molecule has 3 amide bonds. The van der Waals surface area contributed by atoms with Crippen molar-refractivity contribution in [3.8, 4) is 0 Å². The molecule has 3 aromatic carbocycles. The number of hydrogen-bond donors (Lipinski definition) is 1. The number of carbonyl (C=O) groups is 4.